The smallest absolute Gasteiger partial charge is 0.328 e. The van der Waals surface area contributed by atoms with E-state index in [0.717, 1.165) is 30.2 Å². The van der Waals surface area contributed by atoms with Gasteiger partial charge in [0.1, 0.15) is 0 Å². The second kappa shape index (κ2) is 6.43. The number of carboxylic acid groups (broad SMARTS) is 1. The zero-order valence-corrected chi connectivity index (χ0v) is 13.2. The van der Waals surface area contributed by atoms with E-state index in [0.29, 0.717) is 5.56 Å². The van der Waals surface area contributed by atoms with Crippen molar-refractivity contribution in [2.24, 2.45) is 5.41 Å². The van der Waals surface area contributed by atoms with E-state index in [-0.39, 0.29) is 17.4 Å². The molecule has 0 radical (unpaired) electrons. The predicted octanol–water partition coefficient (Wildman–Crippen LogP) is 3.54. The predicted molar refractivity (Wildman–Crippen MR) is 84.5 cm³/mol. The Bertz CT molecular complexity index is 560. The Labute approximate surface area is 128 Å². The Morgan fingerprint density at radius 1 is 1.43 bits per heavy atom. The number of thiophene rings is 1. The molecular weight excluding hydrogens is 286 g/mol. The maximum absolute atomic E-state index is 12.3. The van der Waals surface area contributed by atoms with Gasteiger partial charge in [0, 0.05) is 22.4 Å². The fourth-order valence-electron chi connectivity index (χ4n) is 2.72. The van der Waals surface area contributed by atoms with Crippen molar-refractivity contribution < 1.29 is 14.7 Å². The molecule has 0 aromatic carbocycles. The molecule has 1 aliphatic carbocycles. The largest absolute Gasteiger partial charge is 0.478 e. The van der Waals surface area contributed by atoms with Crippen LogP contribution in [0.1, 0.15) is 54.8 Å². The lowest BCUT2D eigenvalue weighted by Gasteiger charge is -2.39. The third kappa shape index (κ3) is 4.17. The Morgan fingerprint density at radius 2 is 2.19 bits per heavy atom. The first-order chi connectivity index (χ1) is 9.88. The molecule has 2 N–H and O–H groups in total. The lowest BCUT2D eigenvalue weighted by Crippen LogP contribution is -2.46. The van der Waals surface area contributed by atoms with Crippen molar-refractivity contribution in [3.63, 3.8) is 0 Å². The van der Waals surface area contributed by atoms with Crippen molar-refractivity contribution in [3.05, 3.63) is 28.0 Å². The first-order valence-electron chi connectivity index (χ1n) is 7.19. The molecule has 0 aliphatic heterocycles. The standard InChI is InChI=1S/C16H21NO3S/c1-16(2)8-4-3-5-13(16)17-15(20)11-9-12(21-10-11)6-7-14(18)19/h6-7,9-10,13H,3-5,8H2,1-2H3,(H,17,20)(H,18,19). The van der Waals surface area contributed by atoms with E-state index in [9.17, 15) is 9.59 Å². The van der Waals surface area contributed by atoms with Gasteiger partial charge in [-0.15, -0.1) is 11.3 Å². The summed E-state index contributed by atoms with van der Waals surface area (Å²) in [5.74, 6) is -1.06. The number of carbonyl (C=O) groups is 2. The summed E-state index contributed by atoms with van der Waals surface area (Å²) >= 11 is 1.37. The minimum Gasteiger partial charge on any atom is -0.478 e. The molecular formula is C16H21NO3S. The molecule has 2 rings (SSSR count). The summed E-state index contributed by atoms with van der Waals surface area (Å²) in [6.07, 6.45) is 7.13. The van der Waals surface area contributed by atoms with Crippen LogP contribution in [0, 0.1) is 5.41 Å². The summed E-state index contributed by atoms with van der Waals surface area (Å²) in [4.78, 5) is 23.6. The van der Waals surface area contributed by atoms with Crippen LogP contribution in [0.5, 0.6) is 0 Å². The van der Waals surface area contributed by atoms with E-state index in [1.165, 1.54) is 23.8 Å². The average molecular weight is 307 g/mol. The fraction of sp³-hybridized carbons (Fsp3) is 0.500. The van der Waals surface area contributed by atoms with E-state index in [4.69, 9.17) is 5.11 Å². The zero-order valence-electron chi connectivity index (χ0n) is 12.4. The molecule has 1 aromatic rings. The monoisotopic (exact) mass is 307 g/mol. The maximum atomic E-state index is 12.3. The number of hydrogen-bond acceptors (Lipinski definition) is 3. The van der Waals surface area contributed by atoms with Crippen LogP contribution in [-0.4, -0.2) is 23.0 Å². The second-order valence-corrected chi connectivity index (χ2v) is 7.11. The molecule has 0 spiro atoms. The molecule has 1 aliphatic rings. The normalized spacial score (nSPS) is 21.3. The Morgan fingerprint density at radius 3 is 2.86 bits per heavy atom. The van der Waals surface area contributed by atoms with Crippen LogP contribution in [0.2, 0.25) is 0 Å². The van der Waals surface area contributed by atoms with E-state index >= 15 is 0 Å². The molecule has 1 amide bonds. The highest BCUT2D eigenvalue weighted by atomic mass is 32.1. The number of aliphatic carboxylic acids is 1. The molecule has 1 fully saturated rings. The number of amides is 1. The van der Waals surface area contributed by atoms with Crippen molar-refractivity contribution in [2.75, 3.05) is 0 Å². The second-order valence-electron chi connectivity index (χ2n) is 6.17. The Balaban J connectivity index is 2.02. The van der Waals surface area contributed by atoms with E-state index < -0.39 is 5.97 Å². The summed E-state index contributed by atoms with van der Waals surface area (Å²) in [7, 11) is 0. The van der Waals surface area contributed by atoms with Crippen molar-refractivity contribution in [3.8, 4) is 0 Å². The maximum Gasteiger partial charge on any atom is 0.328 e. The van der Waals surface area contributed by atoms with Gasteiger partial charge in [-0.3, -0.25) is 4.79 Å². The quantitative estimate of drug-likeness (QED) is 0.836. The van der Waals surface area contributed by atoms with Gasteiger partial charge >= 0.3 is 5.97 Å². The van der Waals surface area contributed by atoms with Crippen LogP contribution in [-0.2, 0) is 4.79 Å². The van der Waals surface area contributed by atoms with Gasteiger partial charge in [-0.25, -0.2) is 4.79 Å². The van der Waals surface area contributed by atoms with Gasteiger partial charge in [0.15, 0.2) is 0 Å². The topological polar surface area (TPSA) is 66.4 Å². The zero-order chi connectivity index (χ0) is 15.5. The van der Waals surface area contributed by atoms with Gasteiger partial charge in [0.25, 0.3) is 5.91 Å². The molecule has 1 aromatic heterocycles. The van der Waals surface area contributed by atoms with Crippen LogP contribution in [0.15, 0.2) is 17.5 Å². The number of rotatable bonds is 4. The van der Waals surface area contributed by atoms with Crippen LogP contribution in [0.25, 0.3) is 6.08 Å². The van der Waals surface area contributed by atoms with Gasteiger partial charge in [0.05, 0.1) is 5.56 Å². The first kappa shape index (κ1) is 15.8. The van der Waals surface area contributed by atoms with Gasteiger partial charge in [-0.2, -0.15) is 0 Å². The van der Waals surface area contributed by atoms with E-state index in [1.807, 2.05) is 0 Å². The van der Waals surface area contributed by atoms with Crippen LogP contribution >= 0.6 is 11.3 Å². The summed E-state index contributed by atoms with van der Waals surface area (Å²) in [5.41, 5.74) is 0.738. The molecule has 5 heteroatoms. The van der Waals surface area contributed by atoms with Crippen molar-refractivity contribution in [2.45, 2.75) is 45.6 Å². The van der Waals surface area contributed by atoms with E-state index in [2.05, 4.69) is 19.2 Å². The summed E-state index contributed by atoms with van der Waals surface area (Å²) in [6, 6.07) is 1.94. The number of hydrogen-bond donors (Lipinski definition) is 2. The molecule has 1 heterocycles. The lowest BCUT2D eigenvalue weighted by atomic mass is 9.73. The number of carbonyl (C=O) groups excluding carboxylic acids is 1. The van der Waals surface area contributed by atoms with Crippen LogP contribution < -0.4 is 5.32 Å². The van der Waals surface area contributed by atoms with Gasteiger partial charge in [-0.1, -0.05) is 26.7 Å². The van der Waals surface area contributed by atoms with Crippen LogP contribution in [0.3, 0.4) is 0 Å². The number of nitrogens with one attached hydrogen (secondary N) is 1. The van der Waals surface area contributed by atoms with Gasteiger partial charge < -0.3 is 10.4 Å². The molecule has 4 nitrogen and oxygen atoms in total. The molecule has 0 saturated heterocycles. The number of carboxylic acids is 1. The van der Waals surface area contributed by atoms with Gasteiger partial charge in [-0.05, 0) is 30.4 Å². The molecule has 21 heavy (non-hydrogen) atoms. The third-order valence-electron chi connectivity index (χ3n) is 4.08. The van der Waals surface area contributed by atoms with Crippen LogP contribution in [0.4, 0.5) is 0 Å². The average Bonchev–Trinajstić information content (AvgIpc) is 2.87. The molecule has 0 bridgehead atoms. The highest BCUT2D eigenvalue weighted by Crippen LogP contribution is 2.35. The highest BCUT2D eigenvalue weighted by Gasteiger charge is 2.33. The van der Waals surface area contributed by atoms with E-state index in [1.54, 1.807) is 11.4 Å². The highest BCUT2D eigenvalue weighted by molar-refractivity contribution is 7.11. The molecule has 114 valence electrons. The lowest BCUT2D eigenvalue weighted by molar-refractivity contribution is -0.131. The van der Waals surface area contributed by atoms with Crippen molar-refractivity contribution in [1.82, 2.24) is 5.32 Å². The van der Waals surface area contributed by atoms with Crippen molar-refractivity contribution >= 4 is 29.3 Å². The van der Waals surface area contributed by atoms with Crippen molar-refractivity contribution in [1.29, 1.82) is 0 Å². The molecule has 1 saturated carbocycles. The molecule has 1 atom stereocenters. The summed E-state index contributed by atoms with van der Waals surface area (Å²) < 4.78 is 0. The van der Waals surface area contributed by atoms with Gasteiger partial charge in [0.2, 0.25) is 0 Å². The third-order valence-corrected chi connectivity index (χ3v) is 4.98. The molecule has 1 unspecified atom stereocenters. The Hall–Kier alpha value is -1.62. The fourth-order valence-corrected chi connectivity index (χ4v) is 3.50. The minimum absolute atomic E-state index is 0.0683. The Kier molecular flexibility index (Phi) is 4.83. The first-order valence-corrected chi connectivity index (χ1v) is 8.07. The summed E-state index contributed by atoms with van der Waals surface area (Å²) in [6.45, 7) is 4.40. The summed E-state index contributed by atoms with van der Waals surface area (Å²) in [5, 5.41) is 13.5. The minimum atomic E-state index is -0.988. The SMILES string of the molecule is CC1(C)CCCCC1NC(=O)c1csc(C=CC(=O)O)c1.